The van der Waals surface area contributed by atoms with E-state index in [2.05, 4.69) is 13.8 Å². The van der Waals surface area contributed by atoms with Crippen LogP contribution in [0.1, 0.15) is 40.0 Å². The maximum Gasteiger partial charge on any atom is 0.305 e. The average molecular weight is 217 g/mol. The Balaban J connectivity index is 3.54. The summed E-state index contributed by atoms with van der Waals surface area (Å²) >= 11 is 0. The first-order valence-electron chi connectivity index (χ1n) is 5.58. The molecule has 0 rings (SSSR count). The van der Waals surface area contributed by atoms with Crippen LogP contribution in [-0.2, 0) is 14.4 Å². The molecule has 15 heavy (non-hydrogen) atoms. The van der Waals surface area contributed by atoms with Gasteiger partial charge in [-0.15, -0.1) is 0 Å². The smallest absolute Gasteiger partial charge is 0.305 e. The predicted octanol–water partition coefficient (Wildman–Crippen LogP) is 1.99. The fourth-order valence-corrected chi connectivity index (χ4v) is 1.23. The molecule has 0 aliphatic carbocycles. The van der Waals surface area contributed by atoms with Crippen LogP contribution in [0.5, 0.6) is 0 Å². The van der Waals surface area contributed by atoms with Gasteiger partial charge < -0.3 is 9.57 Å². The molecule has 0 heterocycles. The molecule has 0 aromatic carbocycles. The van der Waals surface area contributed by atoms with Gasteiger partial charge in [0.15, 0.2) is 0 Å². The molecule has 0 saturated heterocycles. The minimum Gasteiger partial charge on any atom is -0.466 e. The Bertz CT molecular complexity index is 171. The molecule has 0 aromatic heterocycles. The molecule has 0 aliphatic rings. The number of carbonyl (C=O) groups is 1. The van der Waals surface area contributed by atoms with Crippen LogP contribution in [0.25, 0.3) is 0 Å². The lowest BCUT2D eigenvalue weighted by molar-refractivity contribution is -0.157. The number of hydroxylamine groups is 2. The first-order valence-corrected chi connectivity index (χ1v) is 5.58. The molecule has 0 saturated carbocycles. The molecule has 0 atom stereocenters. The summed E-state index contributed by atoms with van der Waals surface area (Å²) in [6.07, 6.45) is 2.11. The van der Waals surface area contributed by atoms with Crippen molar-refractivity contribution in [2.24, 2.45) is 0 Å². The molecule has 0 spiro atoms. The van der Waals surface area contributed by atoms with E-state index in [0.717, 1.165) is 19.4 Å². The SMILES string of the molecule is CCCOC(=O)CCCN(OC)C(C)C. The van der Waals surface area contributed by atoms with Gasteiger partial charge in [0.25, 0.3) is 0 Å². The van der Waals surface area contributed by atoms with E-state index in [0.29, 0.717) is 19.1 Å². The van der Waals surface area contributed by atoms with Gasteiger partial charge >= 0.3 is 5.97 Å². The lowest BCUT2D eigenvalue weighted by Crippen LogP contribution is -2.31. The first kappa shape index (κ1) is 14.4. The Morgan fingerprint density at radius 1 is 1.40 bits per heavy atom. The molecule has 0 amide bonds. The zero-order chi connectivity index (χ0) is 11.7. The van der Waals surface area contributed by atoms with E-state index in [-0.39, 0.29) is 5.97 Å². The van der Waals surface area contributed by atoms with Crippen LogP contribution >= 0.6 is 0 Å². The molecule has 4 heteroatoms. The summed E-state index contributed by atoms with van der Waals surface area (Å²) in [5.74, 6) is -0.114. The van der Waals surface area contributed by atoms with Crippen molar-refractivity contribution in [1.82, 2.24) is 5.06 Å². The van der Waals surface area contributed by atoms with Crippen molar-refractivity contribution in [1.29, 1.82) is 0 Å². The van der Waals surface area contributed by atoms with Crippen LogP contribution in [0.4, 0.5) is 0 Å². The van der Waals surface area contributed by atoms with E-state index in [1.54, 1.807) is 7.11 Å². The van der Waals surface area contributed by atoms with Crippen LogP contribution in [0.15, 0.2) is 0 Å². The van der Waals surface area contributed by atoms with Crippen molar-refractivity contribution < 1.29 is 14.4 Å². The van der Waals surface area contributed by atoms with Crippen LogP contribution in [0, 0.1) is 0 Å². The second-order valence-corrected chi connectivity index (χ2v) is 3.74. The summed E-state index contributed by atoms with van der Waals surface area (Å²) in [6.45, 7) is 7.38. The molecule has 0 fully saturated rings. The molecule has 0 aromatic rings. The van der Waals surface area contributed by atoms with Gasteiger partial charge in [-0.3, -0.25) is 4.79 Å². The minimum absolute atomic E-state index is 0.114. The first-order chi connectivity index (χ1) is 7.11. The van der Waals surface area contributed by atoms with E-state index >= 15 is 0 Å². The molecule has 0 aliphatic heterocycles. The van der Waals surface area contributed by atoms with Crippen LogP contribution in [-0.4, -0.2) is 37.3 Å². The maximum atomic E-state index is 11.2. The van der Waals surface area contributed by atoms with Crippen LogP contribution in [0.2, 0.25) is 0 Å². The third kappa shape index (κ3) is 7.33. The largest absolute Gasteiger partial charge is 0.466 e. The standard InChI is InChI=1S/C11H23NO3/c1-5-9-15-11(13)7-6-8-12(14-4)10(2)3/h10H,5-9H2,1-4H3. The lowest BCUT2D eigenvalue weighted by Gasteiger charge is -2.23. The molecule has 0 radical (unpaired) electrons. The Labute approximate surface area is 92.5 Å². The molecule has 4 nitrogen and oxygen atoms in total. The van der Waals surface area contributed by atoms with E-state index in [9.17, 15) is 4.79 Å². The van der Waals surface area contributed by atoms with Crippen molar-refractivity contribution in [3.05, 3.63) is 0 Å². The summed E-state index contributed by atoms with van der Waals surface area (Å²) in [6, 6.07) is 0.335. The topological polar surface area (TPSA) is 38.8 Å². The fourth-order valence-electron chi connectivity index (χ4n) is 1.23. The second-order valence-electron chi connectivity index (χ2n) is 3.74. The number of rotatable bonds is 8. The Morgan fingerprint density at radius 2 is 2.07 bits per heavy atom. The minimum atomic E-state index is -0.114. The molecule has 0 N–H and O–H groups in total. The Hall–Kier alpha value is -0.610. The number of ether oxygens (including phenoxy) is 1. The van der Waals surface area contributed by atoms with E-state index in [1.165, 1.54) is 0 Å². The molecule has 90 valence electrons. The summed E-state index contributed by atoms with van der Waals surface area (Å²) in [5, 5.41) is 1.85. The van der Waals surface area contributed by atoms with E-state index in [1.807, 2.05) is 12.0 Å². The normalized spacial score (nSPS) is 11.1. The Morgan fingerprint density at radius 3 is 2.53 bits per heavy atom. The van der Waals surface area contributed by atoms with E-state index < -0.39 is 0 Å². The highest BCUT2D eigenvalue weighted by molar-refractivity contribution is 5.69. The van der Waals surface area contributed by atoms with Gasteiger partial charge in [0, 0.05) is 19.0 Å². The quantitative estimate of drug-likeness (QED) is 0.460. The average Bonchev–Trinajstić information content (AvgIpc) is 2.20. The Kier molecular flexibility index (Phi) is 8.33. The van der Waals surface area contributed by atoms with Crippen LogP contribution < -0.4 is 0 Å². The third-order valence-corrected chi connectivity index (χ3v) is 2.04. The number of esters is 1. The summed E-state index contributed by atoms with van der Waals surface area (Å²) in [5.41, 5.74) is 0. The molecular weight excluding hydrogens is 194 g/mol. The monoisotopic (exact) mass is 217 g/mol. The van der Waals surface area contributed by atoms with Gasteiger partial charge in [0.2, 0.25) is 0 Å². The van der Waals surface area contributed by atoms with Crippen molar-refractivity contribution in [3.63, 3.8) is 0 Å². The van der Waals surface area contributed by atoms with Gasteiger partial charge in [-0.05, 0) is 26.7 Å². The number of nitrogens with zero attached hydrogens (tertiary/aromatic N) is 1. The number of hydrogen-bond acceptors (Lipinski definition) is 4. The lowest BCUT2D eigenvalue weighted by atomic mass is 10.3. The van der Waals surface area contributed by atoms with Crippen molar-refractivity contribution in [3.8, 4) is 0 Å². The summed E-state index contributed by atoms with van der Waals surface area (Å²) in [4.78, 5) is 16.3. The highest BCUT2D eigenvalue weighted by Gasteiger charge is 2.09. The van der Waals surface area contributed by atoms with Crippen molar-refractivity contribution in [2.45, 2.75) is 46.1 Å². The third-order valence-electron chi connectivity index (χ3n) is 2.04. The number of carbonyl (C=O) groups excluding carboxylic acids is 1. The zero-order valence-corrected chi connectivity index (χ0v) is 10.3. The van der Waals surface area contributed by atoms with Gasteiger partial charge in [-0.1, -0.05) is 6.92 Å². The highest BCUT2D eigenvalue weighted by atomic mass is 16.7. The van der Waals surface area contributed by atoms with Gasteiger partial charge in [0.1, 0.15) is 0 Å². The predicted molar refractivity (Wildman–Crippen MR) is 59.3 cm³/mol. The van der Waals surface area contributed by atoms with Gasteiger partial charge in [-0.25, -0.2) is 0 Å². The van der Waals surface area contributed by atoms with Gasteiger partial charge in [-0.2, -0.15) is 5.06 Å². The van der Waals surface area contributed by atoms with Crippen molar-refractivity contribution >= 4 is 5.97 Å². The molecular formula is C11H23NO3. The van der Waals surface area contributed by atoms with Gasteiger partial charge in [0.05, 0.1) is 13.7 Å². The fraction of sp³-hybridized carbons (Fsp3) is 0.909. The number of hydrogen-bond donors (Lipinski definition) is 0. The highest BCUT2D eigenvalue weighted by Crippen LogP contribution is 2.02. The molecule has 0 unspecified atom stereocenters. The summed E-state index contributed by atoms with van der Waals surface area (Å²) in [7, 11) is 1.65. The zero-order valence-electron chi connectivity index (χ0n) is 10.3. The molecule has 0 bridgehead atoms. The van der Waals surface area contributed by atoms with Crippen LogP contribution in [0.3, 0.4) is 0 Å². The maximum absolute atomic E-state index is 11.2. The second kappa shape index (κ2) is 8.68. The van der Waals surface area contributed by atoms with Crippen molar-refractivity contribution in [2.75, 3.05) is 20.3 Å². The summed E-state index contributed by atoms with van der Waals surface area (Å²) < 4.78 is 4.97. The van der Waals surface area contributed by atoms with E-state index in [4.69, 9.17) is 9.57 Å².